The lowest BCUT2D eigenvalue weighted by molar-refractivity contribution is 0.967. The number of nitrogens with zero attached hydrogens (tertiary/aromatic N) is 6. The van der Waals surface area contributed by atoms with Crippen LogP contribution in [0.5, 0.6) is 0 Å². The second-order valence-corrected chi connectivity index (χ2v) is 6.95. The third kappa shape index (κ3) is 2.80. The van der Waals surface area contributed by atoms with E-state index in [9.17, 15) is 0 Å². The molecule has 0 unspecified atom stereocenters. The molecule has 30 heavy (non-hydrogen) atoms. The van der Waals surface area contributed by atoms with Gasteiger partial charge in [-0.15, -0.1) is 5.10 Å². The SMILES string of the molecule is c1cc(-c2nc3ccc(-c4ccc5nc(-c6ccncc6)[nH]c5c4)cn3n2)ccn1. The Morgan fingerprint density at radius 3 is 2.20 bits per heavy atom. The normalized spacial score (nSPS) is 11.3. The number of aromatic nitrogens is 7. The Balaban J connectivity index is 1.40. The lowest BCUT2D eigenvalue weighted by Crippen LogP contribution is -1.89. The highest BCUT2D eigenvalue weighted by molar-refractivity contribution is 5.84. The second kappa shape index (κ2) is 6.59. The summed E-state index contributed by atoms with van der Waals surface area (Å²) in [4.78, 5) is 20.8. The van der Waals surface area contributed by atoms with Crippen molar-refractivity contribution in [2.24, 2.45) is 0 Å². The number of aromatic amines is 1. The fraction of sp³-hybridized carbons (Fsp3) is 0. The zero-order chi connectivity index (χ0) is 19.9. The highest BCUT2D eigenvalue weighted by atomic mass is 15.3. The summed E-state index contributed by atoms with van der Waals surface area (Å²) in [6, 6.07) is 17.9. The lowest BCUT2D eigenvalue weighted by Gasteiger charge is -2.02. The summed E-state index contributed by atoms with van der Waals surface area (Å²) in [5.74, 6) is 1.51. The molecule has 0 aliphatic carbocycles. The van der Waals surface area contributed by atoms with Crippen LogP contribution in [0.4, 0.5) is 0 Å². The first kappa shape index (κ1) is 16.6. The van der Waals surface area contributed by atoms with Gasteiger partial charge in [0.25, 0.3) is 0 Å². The molecule has 0 amide bonds. The van der Waals surface area contributed by atoms with Crippen LogP contribution in [0.1, 0.15) is 0 Å². The molecular weight excluding hydrogens is 374 g/mol. The van der Waals surface area contributed by atoms with Crippen molar-refractivity contribution in [3.05, 3.63) is 85.6 Å². The molecule has 0 saturated carbocycles. The van der Waals surface area contributed by atoms with Gasteiger partial charge in [0.05, 0.1) is 11.0 Å². The molecule has 6 rings (SSSR count). The van der Waals surface area contributed by atoms with E-state index in [1.54, 1.807) is 24.8 Å². The number of hydrogen-bond acceptors (Lipinski definition) is 5. The molecule has 5 aromatic heterocycles. The molecule has 7 heteroatoms. The average Bonchev–Trinajstić information content (AvgIpc) is 3.43. The van der Waals surface area contributed by atoms with Crippen molar-refractivity contribution in [3.63, 3.8) is 0 Å². The second-order valence-electron chi connectivity index (χ2n) is 6.95. The number of H-pyrrole nitrogens is 1. The van der Waals surface area contributed by atoms with Crippen LogP contribution in [0.3, 0.4) is 0 Å². The van der Waals surface area contributed by atoms with Gasteiger partial charge in [-0.05, 0) is 54.1 Å². The van der Waals surface area contributed by atoms with Gasteiger partial charge in [0.2, 0.25) is 0 Å². The maximum absolute atomic E-state index is 4.69. The minimum Gasteiger partial charge on any atom is -0.338 e. The summed E-state index contributed by atoms with van der Waals surface area (Å²) < 4.78 is 1.81. The summed E-state index contributed by atoms with van der Waals surface area (Å²) in [5, 5.41) is 4.63. The maximum Gasteiger partial charge on any atom is 0.182 e. The first-order valence-electron chi connectivity index (χ1n) is 9.51. The van der Waals surface area contributed by atoms with E-state index in [4.69, 9.17) is 0 Å². The number of hydrogen-bond donors (Lipinski definition) is 1. The molecule has 6 aromatic rings. The molecular formula is C23H15N7. The number of benzene rings is 1. The topological polar surface area (TPSA) is 84.7 Å². The van der Waals surface area contributed by atoms with Crippen LogP contribution in [-0.4, -0.2) is 34.5 Å². The summed E-state index contributed by atoms with van der Waals surface area (Å²) >= 11 is 0. The largest absolute Gasteiger partial charge is 0.338 e. The first-order chi connectivity index (χ1) is 14.8. The molecule has 7 nitrogen and oxygen atoms in total. The lowest BCUT2D eigenvalue weighted by atomic mass is 10.1. The monoisotopic (exact) mass is 389 g/mol. The van der Waals surface area contributed by atoms with Crippen molar-refractivity contribution in [2.75, 3.05) is 0 Å². The Morgan fingerprint density at radius 1 is 0.667 bits per heavy atom. The van der Waals surface area contributed by atoms with Crippen LogP contribution in [0.25, 0.3) is 50.6 Å². The van der Waals surface area contributed by atoms with Crippen molar-refractivity contribution >= 4 is 16.7 Å². The molecule has 142 valence electrons. The van der Waals surface area contributed by atoms with Crippen LogP contribution < -0.4 is 0 Å². The van der Waals surface area contributed by atoms with Gasteiger partial charge >= 0.3 is 0 Å². The van der Waals surface area contributed by atoms with E-state index >= 15 is 0 Å². The van der Waals surface area contributed by atoms with Crippen molar-refractivity contribution in [2.45, 2.75) is 0 Å². The summed E-state index contributed by atoms with van der Waals surface area (Å²) in [5.41, 5.74) is 6.79. The predicted octanol–water partition coefficient (Wildman–Crippen LogP) is 4.40. The van der Waals surface area contributed by atoms with Gasteiger partial charge in [0.1, 0.15) is 5.82 Å². The molecule has 0 radical (unpaired) electrons. The zero-order valence-electron chi connectivity index (χ0n) is 15.8. The van der Waals surface area contributed by atoms with E-state index in [1.165, 1.54) is 0 Å². The number of rotatable bonds is 3. The third-order valence-electron chi connectivity index (χ3n) is 5.04. The zero-order valence-corrected chi connectivity index (χ0v) is 15.8. The molecule has 0 fully saturated rings. The molecule has 0 spiro atoms. The number of imidazole rings is 1. The number of pyridine rings is 3. The van der Waals surface area contributed by atoms with Crippen LogP contribution in [0, 0.1) is 0 Å². The molecule has 0 aliphatic rings. The van der Waals surface area contributed by atoms with E-state index < -0.39 is 0 Å². The fourth-order valence-electron chi connectivity index (χ4n) is 3.51. The standard InChI is InChI=1S/C23H15N7/c1-3-19-20(27-22(26-19)15-5-9-24-10-6-15)13-17(1)18-2-4-21-28-23(29-30(21)14-18)16-7-11-25-12-8-16/h1-14H,(H,26,27). The minimum atomic E-state index is 0.681. The van der Waals surface area contributed by atoms with E-state index in [1.807, 2.05) is 47.1 Å². The Hall–Kier alpha value is -4.39. The highest BCUT2D eigenvalue weighted by Crippen LogP contribution is 2.26. The number of fused-ring (bicyclic) bond motifs is 2. The van der Waals surface area contributed by atoms with Crippen LogP contribution >= 0.6 is 0 Å². The summed E-state index contributed by atoms with van der Waals surface area (Å²) in [7, 11) is 0. The Kier molecular flexibility index (Phi) is 3.64. The predicted molar refractivity (Wildman–Crippen MR) is 115 cm³/mol. The first-order valence-corrected chi connectivity index (χ1v) is 9.51. The van der Waals surface area contributed by atoms with Gasteiger partial charge in [-0.2, -0.15) is 0 Å². The Labute approximate surface area is 171 Å². The molecule has 1 aromatic carbocycles. The van der Waals surface area contributed by atoms with Gasteiger partial charge in [0.15, 0.2) is 11.5 Å². The minimum absolute atomic E-state index is 0.681. The van der Waals surface area contributed by atoms with E-state index in [0.717, 1.165) is 44.8 Å². The quantitative estimate of drug-likeness (QED) is 0.485. The van der Waals surface area contributed by atoms with Crippen molar-refractivity contribution in [3.8, 4) is 33.9 Å². The molecule has 0 atom stereocenters. The van der Waals surface area contributed by atoms with Crippen LogP contribution in [-0.2, 0) is 0 Å². The van der Waals surface area contributed by atoms with E-state index in [-0.39, 0.29) is 0 Å². The Morgan fingerprint density at radius 2 is 1.40 bits per heavy atom. The van der Waals surface area contributed by atoms with Crippen molar-refractivity contribution < 1.29 is 0 Å². The molecule has 0 saturated heterocycles. The molecule has 0 aliphatic heterocycles. The molecule has 5 heterocycles. The van der Waals surface area contributed by atoms with Gasteiger partial charge in [-0.3, -0.25) is 9.97 Å². The van der Waals surface area contributed by atoms with Gasteiger partial charge in [-0.25, -0.2) is 14.5 Å². The fourth-order valence-corrected chi connectivity index (χ4v) is 3.51. The van der Waals surface area contributed by atoms with Gasteiger partial charge in [0, 0.05) is 47.7 Å². The highest BCUT2D eigenvalue weighted by Gasteiger charge is 2.10. The third-order valence-corrected chi connectivity index (χ3v) is 5.04. The smallest absolute Gasteiger partial charge is 0.182 e. The van der Waals surface area contributed by atoms with Gasteiger partial charge in [-0.1, -0.05) is 6.07 Å². The Bertz CT molecular complexity index is 1370. The van der Waals surface area contributed by atoms with Crippen LogP contribution in [0.15, 0.2) is 85.6 Å². The van der Waals surface area contributed by atoms with E-state index in [0.29, 0.717) is 5.82 Å². The maximum atomic E-state index is 4.69. The van der Waals surface area contributed by atoms with Crippen molar-refractivity contribution in [1.82, 2.24) is 34.5 Å². The summed E-state index contributed by atoms with van der Waals surface area (Å²) in [6.07, 6.45) is 9.01. The average molecular weight is 389 g/mol. The number of nitrogens with one attached hydrogen (secondary N) is 1. The molecule has 1 N–H and O–H groups in total. The van der Waals surface area contributed by atoms with Crippen molar-refractivity contribution in [1.29, 1.82) is 0 Å². The summed E-state index contributed by atoms with van der Waals surface area (Å²) in [6.45, 7) is 0. The van der Waals surface area contributed by atoms with E-state index in [2.05, 4.69) is 48.2 Å². The van der Waals surface area contributed by atoms with Crippen LogP contribution in [0.2, 0.25) is 0 Å². The van der Waals surface area contributed by atoms with Gasteiger partial charge < -0.3 is 4.98 Å². The molecule has 0 bridgehead atoms.